The van der Waals surface area contributed by atoms with Crippen LogP contribution >= 0.6 is 22.7 Å². The molecular formula is C8H8N2OS2. The van der Waals surface area contributed by atoms with E-state index in [2.05, 4.69) is 15.9 Å². The number of nitrogens with two attached hydrogens (primary N) is 1. The number of rotatable bonds is 3. The molecule has 0 saturated carbocycles. The van der Waals surface area contributed by atoms with Crippen molar-refractivity contribution in [2.75, 3.05) is 0 Å². The lowest BCUT2D eigenvalue weighted by Gasteiger charge is -1.90. The lowest BCUT2D eigenvalue weighted by atomic mass is 10.5. The second-order valence-corrected chi connectivity index (χ2v) is 4.24. The van der Waals surface area contributed by atoms with Gasteiger partial charge in [0.05, 0.1) is 10.6 Å². The molecule has 0 aromatic carbocycles. The van der Waals surface area contributed by atoms with Crippen molar-refractivity contribution in [2.24, 2.45) is 5.90 Å². The molecule has 0 saturated heterocycles. The summed E-state index contributed by atoms with van der Waals surface area (Å²) in [5.41, 5.74) is 0.885. The first-order valence-corrected chi connectivity index (χ1v) is 5.46. The largest absolute Gasteiger partial charge is 0.298 e. The minimum atomic E-state index is 0.377. The van der Waals surface area contributed by atoms with Crippen LogP contribution in [0.1, 0.15) is 5.69 Å². The molecule has 13 heavy (non-hydrogen) atoms. The molecule has 0 unspecified atom stereocenters. The highest BCUT2D eigenvalue weighted by Gasteiger charge is 2.04. The van der Waals surface area contributed by atoms with Crippen LogP contribution in [0.2, 0.25) is 0 Å². The first-order valence-electron chi connectivity index (χ1n) is 3.70. The minimum absolute atomic E-state index is 0.377. The molecule has 68 valence electrons. The normalized spacial score (nSPS) is 10.5. The fourth-order valence-electron chi connectivity index (χ4n) is 0.972. The number of thiophene rings is 1. The van der Waals surface area contributed by atoms with Gasteiger partial charge in [0.15, 0.2) is 0 Å². The maximum absolute atomic E-state index is 4.96. The van der Waals surface area contributed by atoms with Gasteiger partial charge >= 0.3 is 0 Å². The van der Waals surface area contributed by atoms with Crippen molar-refractivity contribution in [3.8, 4) is 9.88 Å². The third-order valence-corrected chi connectivity index (χ3v) is 3.45. The van der Waals surface area contributed by atoms with E-state index in [-0.39, 0.29) is 0 Å². The lowest BCUT2D eigenvalue weighted by Crippen LogP contribution is -1.98. The van der Waals surface area contributed by atoms with Crippen LogP contribution in [0.15, 0.2) is 22.9 Å². The van der Waals surface area contributed by atoms with Gasteiger partial charge in [0.2, 0.25) is 0 Å². The average Bonchev–Trinajstić information content (AvgIpc) is 2.70. The molecule has 2 aromatic heterocycles. The highest BCUT2D eigenvalue weighted by atomic mass is 32.1. The first-order chi connectivity index (χ1) is 6.40. The lowest BCUT2D eigenvalue weighted by molar-refractivity contribution is 0.122. The van der Waals surface area contributed by atoms with Gasteiger partial charge in [-0.3, -0.25) is 4.84 Å². The highest BCUT2D eigenvalue weighted by molar-refractivity contribution is 7.20. The van der Waals surface area contributed by atoms with E-state index in [9.17, 15) is 0 Å². The fourth-order valence-corrected chi connectivity index (χ4v) is 2.59. The van der Waals surface area contributed by atoms with Gasteiger partial charge in [0.1, 0.15) is 11.6 Å². The molecule has 0 spiro atoms. The van der Waals surface area contributed by atoms with Gasteiger partial charge in [-0.05, 0) is 11.4 Å². The Labute approximate surface area is 83.8 Å². The Balaban J connectivity index is 2.23. The van der Waals surface area contributed by atoms with E-state index in [1.165, 1.54) is 4.88 Å². The van der Waals surface area contributed by atoms with Crippen LogP contribution in [0.4, 0.5) is 0 Å². The molecule has 2 heterocycles. The SMILES string of the molecule is NOCc1csc(-c2cccs2)n1. The molecule has 2 aromatic rings. The number of hydrogen-bond donors (Lipinski definition) is 1. The second-order valence-electron chi connectivity index (χ2n) is 2.43. The van der Waals surface area contributed by atoms with Crippen molar-refractivity contribution in [1.29, 1.82) is 0 Å². The summed E-state index contributed by atoms with van der Waals surface area (Å²) in [6.07, 6.45) is 0. The van der Waals surface area contributed by atoms with Crippen molar-refractivity contribution in [2.45, 2.75) is 6.61 Å². The van der Waals surface area contributed by atoms with Crippen molar-refractivity contribution >= 4 is 22.7 Å². The number of nitrogens with zero attached hydrogens (tertiary/aromatic N) is 1. The predicted octanol–water partition coefficient (Wildman–Crippen LogP) is 2.26. The zero-order valence-electron chi connectivity index (χ0n) is 6.77. The van der Waals surface area contributed by atoms with Crippen LogP contribution in [0.5, 0.6) is 0 Å². The van der Waals surface area contributed by atoms with Gasteiger partial charge in [-0.15, -0.1) is 22.7 Å². The number of aromatic nitrogens is 1. The fraction of sp³-hybridized carbons (Fsp3) is 0.125. The average molecular weight is 212 g/mol. The van der Waals surface area contributed by atoms with Crippen LogP contribution in [0.3, 0.4) is 0 Å². The Kier molecular flexibility index (Phi) is 2.70. The molecule has 3 nitrogen and oxygen atoms in total. The summed E-state index contributed by atoms with van der Waals surface area (Å²) >= 11 is 3.29. The van der Waals surface area contributed by atoms with Crippen molar-refractivity contribution < 1.29 is 4.84 Å². The van der Waals surface area contributed by atoms with E-state index in [1.807, 2.05) is 16.8 Å². The Morgan fingerprint density at radius 1 is 1.46 bits per heavy atom. The Morgan fingerprint density at radius 2 is 2.38 bits per heavy atom. The number of hydrogen-bond acceptors (Lipinski definition) is 5. The Morgan fingerprint density at radius 3 is 3.08 bits per heavy atom. The molecule has 5 heteroatoms. The van der Waals surface area contributed by atoms with Gasteiger partial charge < -0.3 is 0 Å². The molecule has 0 bridgehead atoms. The van der Waals surface area contributed by atoms with Gasteiger partial charge in [-0.25, -0.2) is 10.9 Å². The number of thiazole rings is 1. The molecule has 2 N–H and O–H groups in total. The molecule has 0 aliphatic heterocycles. The van der Waals surface area contributed by atoms with Crippen molar-refractivity contribution in [3.05, 3.63) is 28.6 Å². The van der Waals surface area contributed by atoms with E-state index in [0.717, 1.165) is 10.7 Å². The van der Waals surface area contributed by atoms with E-state index in [4.69, 9.17) is 5.90 Å². The van der Waals surface area contributed by atoms with Gasteiger partial charge in [-0.2, -0.15) is 0 Å². The maximum Gasteiger partial charge on any atom is 0.133 e. The third kappa shape index (κ3) is 1.94. The smallest absolute Gasteiger partial charge is 0.133 e. The van der Waals surface area contributed by atoms with Crippen molar-refractivity contribution in [1.82, 2.24) is 4.98 Å². The van der Waals surface area contributed by atoms with Crippen LogP contribution in [0, 0.1) is 0 Å². The summed E-state index contributed by atoms with van der Waals surface area (Å²) in [6.45, 7) is 0.377. The first kappa shape index (κ1) is 8.83. The molecule has 0 radical (unpaired) electrons. The van der Waals surface area contributed by atoms with Gasteiger partial charge in [-0.1, -0.05) is 6.07 Å². The Hall–Kier alpha value is -0.750. The molecule has 0 aliphatic carbocycles. The summed E-state index contributed by atoms with van der Waals surface area (Å²) in [5, 5.41) is 5.03. The molecule has 0 amide bonds. The zero-order valence-corrected chi connectivity index (χ0v) is 8.40. The molecule has 2 rings (SSSR count). The summed E-state index contributed by atoms with van der Waals surface area (Å²) < 4.78 is 0. The van der Waals surface area contributed by atoms with Crippen LogP contribution in [0.25, 0.3) is 9.88 Å². The van der Waals surface area contributed by atoms with Crippen LogP contribution in [-0.4, -0.2) is 4.98 Å². The second kappa shape index (κ2) is 3.97. The monoisotopic (exact) mass is 212 g/mol. The molecule has 0 fully saturated rings. The van der Waals surface area contributed by atoms with Gasteiger partial charge in [0, 0.05) is 5.38 Å². The van der Waals surface area contributed by atoms with E-state index < -0.39 is 0 Å². The Bertz CT molecular complexity index is 369. The van der Waals surface area contributed by atoms with Crippen LogP contribution < -0.4 is 5.90 Å². The quantitative estimate of drug-likeness (QED) is 0.794. The van der Waals surface area contributed by atoms with E-state index in [1.54, 1.807) is 22.7 Å². The summed E-state index contributed by atoms with van der Waals surface area (Å²) in [7, 11) is 0. The molecule has 0 aliphatic rings. The zero-order chi connectivity index (χ0) is 9.10. The van der Waals surface area contributed by atoms with Crippen molar-refractivity contribution in [3.63, 3.8) is 0 Å². The van der Waals surface area contributed by atoms with Gasteiger partial charge in [0.25, 0.3) is 0 Å². The van der Waals surface area contributed by atoms with E-state index >= 15 is 0 Å². The summed E-state index contributed by atoms with van der Waals surface area (Å²) in [5.74, 6) is 4.96. The molecule has 0 atom stereocenters. The standard InChI is InChI=1S/C8H8N2OS2/c9-11-4-6-5-13-8(10-6)7-2-1-3-12-7/h1-3,5H,4,9H2. The minimum Gasteiger partial charge on any atom is -0.298 e. The third-order valence-electron chi connectivity index (χ3n) is 1.51. The summed E-state index contributed by atoms with van der Waals surface area (Å²) in [6, 6.07) is 4.07. The molecular weight excluding hydrogens is 204 g/mol. The predicted molar refractivity (Wildman–Crippen MR) is 54.4 cm³/mol. The van der Waals surface area contributed by atoms with Crippen LogP contribution in [-0.2, 0) is 11.4 Å². The highest BCUT2D eigenvalue weighted by Crippen LogP contribution is 2.27. The van der Waals surface area contributed by atoms with E-state index in [0.29, 0.717) is 6.61 Å². The summed E-state index contributed by atoms with van der Waals surface area (Å²) in [4.78, 5) is 10.1. The maximum atomic E-state index is 4.96. The topological polar surface area (TPSA) is 48.1 Å².